The molecule has 1 saturated carbocycles. The molecule has 3 atom stereocenters. The zero-order chi connectivity index (χ0) is 9.84. The van der Waals surface area contributed by atoms with Gasteiger partial charge in [-0.1, -0.05) is 13.3 Å². The molecule has 3 heteroatoms. The lowest BCUT2D eigenvalue weighted by Gasteiger charge is -2.31. The number of rotatable bonds is 2. The van der Waals surface area contributed by atoms with Crippen LogP contribution in [0.5, 0.6) is 0 Å². The van der Waals surface area contributed by atoms with E-state index in [4.69, 9.17) is 4.74 Å². The molecule has 76 valence electrons. The highest BCUT2D eigenvalue weighted by Gasteiger charge is 2.30. The first-order valence-corrected chi connectivity index (χ1v) is 4.98. The van der Waals surface area contributed by atoms with Crippen LogP contribution >= 0.6 is 0 Å². The predicted molar refractivity (Wildman–Crippen MR) is 49.2 cm³/mol. The maximum Gasteiger partial charge on any atom is 0.302 e. The summed E-state index contributed by atoms with van der Waals surface area (Å²) in [6, 6.07) is 0. The fourth-order valence-corrected chi connectivity index (χ4v) is 1.92. The number of carbonyl (C=O) groups excluding carboxylic acids is 1. The third-order valence-corrected chi connectivity index (χ3v) is 2.76. The van der Waals surface area contributed by atoms with E-state index >= 15 is 0 Å². The molecule has 0 spiro atoms. The Labute approximate surface area is 79.1 Å². The smallest absolute Gasteiger partial charge is 0.302 e. The number of aliphatic hydroxyl groups excluding tert-OH is 1. The van der Waals surface area contributed by atoms with Gasteiger partial charge in [-0.05, 0) is 25.2 Å². The molecule has 0 aromatic heterocycles. The fraction of sp³-hybridized carbons (Fsp3) is 0.900. The van der Waals surface area contributed by atoms with E-state index in [9.17, 15) is 9.90 Å². The number of ether oxygens (including phenoxy) is 1. The van der Waals surface area contributed by atoms with Crippen LogP contribution in [0.1, 0.15) is 39.5 Å². The third-order valence-electron chi connectivity index (χ3n) is 2.76. The maximum absolute atomic E-state index is 10.7. The van der Waals surface area contributed by atoms with Gasteiger partial charge in [-0.15, -0.1) is 0 Å². The van der Waals surface area contributed by atoms with Crippen LogP contribution in [-0.2, 0) is 9.53 Å². The minimum atomic E-state index is -0.456. The first-order valence-electron chi connectivity index (χ1n) is 4.98. The quantitative estimate of drug-likeness (QED) is 0.664. The molecule has 0 bridgehead atoms. The second-order valence-electron chi connectivity index (χ2n) is 3.80. The molecular formula is C10H18O3. The first-order chi connectivity index (χ1) is 6.13. The van der Waals surface area contributed by atoms with Gasteiger partial charge >= 0.3 is 5.97 Å². The van der Waals surface area contributed by atoms with Gasteiger partial charge in [0.2, 0.25) is 0 Å². The summed E-state index contributed by atoms with van der Waals surface area (Å²) in [5.74, 6) is 0.306. The van der Waals surface area contributed by atoms with Gasteiger partial charge in [-0.2, -0.15) is 0 Å². The molecule has 1 fully saturated rings. The van der Waals surface area contributed by atoms with Gasteiger partial charge in [0.15, 0.2) is 0 Å². The largest absolute Gasteiger partial charge is 0.460 e. The van der Waals surface area contributed by atoms with Crippen LogP contribution in [0.25, 0.3) is 0 Å². The van der Waals surface area contributed by atoms with E-state index in [2.05, 4.69) is 6.92 Å². The van der Waals surface area contributed by atoms with E-state index in [0.29, 0.717) is 5.92 Å². The first kappa shape index (κ1) is 10.5. The molecule has 0 saturated heterocycles. The minimum absolute atomic E-state index is 0.264. The molecular weight excluding hydrogens is 168 g/mol. The molecule has 13 heavy (non-hydrogen) atoms. The Morgan fingerprint density at radius 3 is 2.69 bits per heavy atom. The number of aliphatic hydroxyl groups is 1. The van der Waals surface area contributed by atoms with E-state index in [1.54, 1.807) is 0 Å². The number of carbonyl (C=O) groups is 1. The van der Waals surface area contributed by atoms with E-state index in [-0.39, 0.29) is 12.1 Å². The Bertz CT molecular complexity index is 179. The van der Waals surface area contributed by atoms with Crippen molar-refractivity contribution in [1.29, 1.82) is 0 Å². The van der Waals surface area contributed by atoms with Gasteiger partial charge in [0.1, 0.15) is 6.10 Å². The number of esters is 1. The fourth-order valence-electron chi connectivity index (χ4n) is 1.92. The van der Waals surface area contributed by atoms with Gasteiger partial charge in [-0.25, -0.2) is 0 Å². The van der Waals surface area contributed by atoms with Crippen LogP contribution < -0.4 is 0 Å². The average Bonchev–Trinajstić information content (AvgIpc) is 2.08. The van der Waals surface area contributed by atoms with E-state index in [1.807, 2.05) is 0 Å². The highest BCUT2D eigenvalue weighted by atomic mass is 16.6. The molecule has 0 amide bonds. The maximum atomic E-state index is 10.7. The molecule has 0 aromatic rings. The zero-order valence-electron chi connectivity index (χ0n) is 8.32. The van der Waals surface area contributed by atoms with Crippen molar-refractivity contribution in [1.82, 2.24) is 0 Å². The summed E-state index contributed by atoms with van der Waals surface area (Å²) in [6.07, 6.45) is 3.02. The molecule has 0 heterocycles. The van der Waals surface area contributed by atoms with Crippen molar-refractivity contribution in [3.8, 4) is 0 Å². The van der Waals surface area contributed by atoms with Crippen LogP contribution in [0.3, 0.4) is 0 Å². The highest BCUT2D eigenvalue weighted by molar-refractivity contribution is 5.66. The monoisotopic (exact) mass is 186 g/mol. The van der Waals surface area contributed by atoms with E-state index < -0.39 is 6.10 Å². The van der Waals surface area contributed by atoms with Gasteiger partial charge in [0, 0.05) is 6.92 Å². The van der Waals surface area contributed by atoms with Crippen molar-refractivity contribution in [2.75, 3.05) is 0 Å². The summed E-state index contributed by atoms with van der Waals surface area (Å²) in [5, 5.41) is 9.64. The Hall–Kier alpha value is -0.570. The highest BCUT2D eigenvalue weighted by Crippen LogP contribution is 2.28. The lowest BCUT2D eigenvalue weighted by Crippen LogP contribution is -2.36. The van der Waals surface area contributed by atoms with Crippen LogP contribution in [0.2, 0.25) is 0 Å². The second kappa shape index (κ2) is 4.61. The second-order valence-corrected chi connectivity index (χ2v) is 3.80. The summed E-state index contributed by atoms with van der Waals surface area (Å²) in [7, 11) is 0. The van der Waals surface area contributed by atoms with Crippen LogP contribution in [0.4, 0.5) is 0 Å². The van der Waals surface area contributed by atoms with Crippen molar-refractivity contribution in [2.24, 2.45) is 5.92 Å². The molecule has 2 unspecified atom stereocenters. The summed E-state index contributed by atoms with van der Waals surface area (Å²) >= 11 is 0. The van der Waals surface area contributed by atoms with E-state index in [1.165, 1.54) is 6.92 Å². The Kier molecular flexibility index (Phi) is 3.72. The molecule has 1 N–H and O–H groups in total. The summed E-state index contributed by atoms with van der Waals surface area (Å²) in [6.45, 7) is 3.52. The normalized spacial score (nSPS) is 34.2. The molecule has 0 aliphatic heterocycles. The van der Waals surface area contributed by atoms with Crippen LogP contribution in [0.15, 0.2) is 0 Å². The topological polar surface area (TPSA) is 46.5 Å². The summed E-state index contributed by atoms with van der Waals surface area (Å²) < 4.78 is 5.01. The molecule has 1 rings (SSSR count). The SMILES string of the molecule is CCC1CCC(OC(C)=O)[C@@H](O)C1. The van der Waals surface area contributed by atoms with Gasteiger partial charge in [0.05, 0.1) is 6.10 Å². The van der Waals surface area contributed by atoms with Crippen molar-refractivity contribution in [3.05, 3.63) is 0 Å². The predicted octanol–water partition coefficient (Wildman–Crippen LogP) is 1.49. The van der Waals surface area contributed by atoms with Crippen molar-refractivity contribution in [3.63, 3.8) is 0 Å². The molecule has 1 aliphatic carbocycles. The lowest BCUT2D eigenvalue weighted by molar-refractivity contribution is -0.156. The standard InChI is InChI=1S/C10H18O3/c1-3-8-4-5-10(9(12)6-8)13-7(2)11/h8-10,12H,3-6H2,1-2H3/t8?,9-,10?/m0/s1. The number of hydrogen-bond donors (Lipinski definition) is 1. The lowest BCUT2D eigenvalue weighted by atomic mass is 9.84. The van der Waals surface area contributed by atoms with Gasteiger partial charge < -0.3 is 9.84 Å². The molecule has 0 aromatic carbocycles. The number of hydrogen-bond acceptors (Lipinski definition) is 3. The van der Waals surface area contributed by atoms with Gasteiger partial charge in [0.25, 0.3) is 0 Å². The zero-order valence-corrected chi connectivity index (χ0v) is 8.32. The summed E-state index contributed by atoms with van der Waals surface area (Å²) in [4.78, 5) is 10.7. The average molecular weight is 186 g/mol. The summed E-state index contributed by atoms with van der Waals surface area (Å²) in [5.41, 5.74) is 0. The molecule has 0 radical (unpaired) electrons. The Morgan fingerprint density at radius 1 is 1.54 bits per heavy atom. The van der Waals surface area contributed by atoms with Crippen LogP contribution in [-0.4, -0.2) is 23.3 Å². The minimum Gasteiger partial charge on any atom is -0.460 e. The molecule has 1 aliphatic rings. The van der Waals surface area contributed by atoms with Crippen LogP contribution in [0, 0.1) is 5.92 Å². The third kappa shape index (κ3) is 2.99. The van der Waals surface area contributed by atoms with Crippen molar-refractivity contribution < 1.29 is 14.6 Å². The van der Waals surface area contributed by atoms with Crippen molar-refractivity contribution >= 4 is 5.97 Å². The Morgan fingerprint density at radius 2 is 2.23 bits per heavy atom. The van der Waals surface area contributed by atoms with Crippen molar-refractivity contribution in [2.45, 2.75) is 51.7 Å². The molecule has 3 nitrogen and oxygen atoms in total. The van der Waals surface area contributed by atoms with Gasteiger partial charge in [-0.3, -0.25) is 4.79 Å². The van der Waals surface area contributed by atoms with E-state index in [0.717, 1.165) is 25.7 Å². The Balaban J connectivity index is 2.39.